The van der Waals surface area contributed by atoms with Crippen LogP contribution in [-0.4, -0.2) is 67.3 Å². The van der Waals surface area contributed by atoms with E-state index in [9.17, 15) is 14.3 Å². The Morgan fingerprint density at radius 2 is 2.11 bits per heavy atom. The smallest absolute Gasteiger partial charge is 0.258 e. The molecule has 6 rings (SSSR count). The van der Waals surface area contributed by atoms with E-state index in [0.29, 0.717) is 47.8 Å². The van der Waals surface area contributed by atoms with Crippen LogP contribution in [0.1, 0.15) is 45.8 Å². The molecule has 1 N–H and O–H groups in total. The molecular weight excluding hydrogens is 473 g/mol. The monoisotopic (exact) mass is 499 g/mol. The van der Waals surface area contributed by atoms with Crippen molar-refractivity contribution < 1.29 is 19.0 Å². The van der Waals surface area contributed by atoms with E-state index in [1.807, 2.05) is 13.8 Å². The maximum absolute atomic E-state index is 14.2. The molecule has 1 saturated carbocycles. The summed E-state index contributed by atoms with van der Waals surface area (Å²) in [4.78, 5) is 22.1. The second-order valence-electron chi connectivity index (χ2n) is 9.82. The van der Waals surface area contributed by atoms with Crippen LogP contribution in [0, 0.1) is 25.6 Å². The van der Waals surface area contributed by atoms with Gasteiger partial charge in [-0.25, -0.2) is 13.9 Å². The Kier molecular flexibility index (Phi) is 5.47. The largest absolute Gasteiger partial charge is 0.489 e. The fraction of sp³-hybridized carbons (Fsp3) is 0.480. The van der Waals surface area contributed by atoms with Gasteiger partial charge in [0.15, 0.2) is 5.65 Å². The number of aryl methyl sites for hydroxylation is 2. The fourth-order valence-electron chi connectivity index (χ4n) is 5.91. The molecule has 2 bridgehead atoms. The fourth-order valence-corrected chi connectivity index (χ4v) is 6.03. The van der Waals surface area contributed by atoms with Gasteiger partial charge in [-0.1, -0.05) is 11.6 Å². The van der Waals surface area contributed by atoms with E-state index in [-0.39, 0.29) is 24.4 Å². The number of likely N-dealkylation sites (tertiary alicyclic amines) is 1. The van der Waals surface area contributed by atoms with E-state index in [1.165, 1.54) is 18.2 Å². The number of halogens is 2. The van der Waals surface area contributed by atoms with Gasteiger partial charge in [0.05, 0.1) is 47.4 Å². The summed E-state index contributed by atoms with van der Waals surface area (Å²) >= 11 is 6.34. The number of fused-ring (bicyclic) bond motifs is 5. The van der Waals surface area contributed by atoms with Gasteiger partial charge in [0.2, 0.25) is 0 Å². The minimum atomic E-state index is -0.434. The lowest BCUT2D eigenvalue weighted by Crippen LogP contribution is -2.41. The highest BCUT2D eigenvalue weighted by Crippen LogP contribution is 2.40. The maximum Gasteiger partial charge on any atom is 0.258 e. The molecule has 0 spiro atoms. The van der Waals surface area contributed by atoms with E-state index >= 15 is 0 Å². The molecule has 184 valence electrons. The molecule has 1 saturated heterocycles. The minimum absolute atomic E-state index is 0.0665. The average Bonchev–Trinajstić information content (AvgIpc) is 3.58. The van der Waals surface area contributed by atoms with Crippen molar-refractivity contribution in [3.05, 3.63) is 57.2 Å². The Bertz CT molecular complexity index is 1340. The summed E-state index contributed by atoms with van der Waals surface area (Å²) in [6, 6.07) is 4.48. The molecular formula is C25H27ClFN5O3. The molecule has 3 aliphatic rings. The van der Waals surface area contributed by atoms with Crippen LogP contribution in [0.25, 0.3) is 5.65 Å². The number of β-amino-alcohol motifs (C(OH)–C–C–N with tert-alkyl or cyclic N) is 1. The molecule has 1 aromatic carbocycles. The summed E-state index contributed by atoms with van der Waals surface area (Å²) < 4.78 is 22.2. The molecule has 2 aliphatic heterocycles. The quantitative estimate of drug-likeness (QED) is 0.581. The van der Waals surface area contributed by atoms with Crippen molar-refractivity contribution in [1.82, 2.24) is 24.4 Å². The molecule has 8 nitrogen and oxygen atoms in total. The van der Waals surface area contributed by atoms with Crippen molar-refractivity contribution in [2.45, 2.75) is 51.9 Å². The Morgan fingerprint density at radius 1 is 1.29 bits per heavy atom. The Balaban J connectivity index is 1.23. The molecule has 3 aromatic rings. The molecule has 2 aromatic heterocycles. The van der Waals surface area contributed by atoms with Crippen LogP contribution in [0.4, 0.5) is 4.39 Å². The summed E-state index contributed by atoms with van der Waals surface area (Å²) in [6.45, 7) is 6.12. The van der Waals surface area contributed by atoms with Crippen LogP contribution >= 0.6 is 11.6 Å². The highest BCUT2D eigenvalue weighted by atomic mass is 35.5. The van der Waals surface area contributed by atoms with E-state index in [2.05, 4.69) is 15.0 Å². The van der Waals surface area contributed by atoms with Gasteiger partial charge in [0.1, 0.15) is 17.7 Å². The van der Waals surface area contributed by atoms with E-state index in [0.717, 1.165) is 42.0 Å². The van der Waals surface area contributed by atoms with Crippen LogP contribution in [0.3, 0.4) is 0 Å². The number of aliphatic hydroxyl groups excluding tert-OH is 1. The van der Waals surface area contributed by atoms with Crippen molar-refractivity contribution in [2.24, 2.45) is 5.92 Å². The number of aromatic nitrogens is 3. The number of rotatable bonds is 5. The summed E-state index contributed by atoms with van der Waals surface area (Å²) in [7, 11) is 0. The summed E-state index contributed by atoms with van der Waals surface area (Å²) in [5.74, 6) is -0.0528. The standard InChI is InChI=1S/C25H27ClFN5O3/c1-13-23(26)14(2)32-24(28-13)19-11-31(12-20(19)29-32)25(34)18-4-3-16(27)8-22(18)35-21-9-17-7-15(21)10-30(17)5-6-33/h3-4,8,15,17,21,33H,5-7,9-12H2,1-2H3/t15?,17-,21+/m1/s1. The number of nitrogens with zero attached hydrogens (tertiary/aromatic N) is 5. The summed E-state index contributed by atoms with van der Waals surface area (Å²) in [5, 5.41) is 14.5. The van der Waals surface area contributed by atoms with Crippen molar-refractivity contribution in [3.8, 4) is 5.75 Å². The van der Waals surface area contributed by atoms with Crippen molar-refractivity contribution in [2.75, 3.05) is 19.7 Å². The number of hydrogen-bond acceptors (Lipinski definition) is 6. The third-order valence-corrected chi connectivity index (χ3v) is 8.22. The zero-order valence-electron chi connectivity index (χ0n) is 19.7. The van der Waals surface area contributed by atoms with Gasteiger partial charge in [0.25, 0.3) is 5.91 Å². The van der Waals surface area contributed by atoms with Crippen molar-refractivity contribution in [3.63, 3.8) is 0 Å². The first-order valence-corrected chi connectivity index (χ1v) is 12.4. The van der Waals surface area contributed by atoms with Gasteiger partial charge >= 0.3 is 0 Å². The number of carbonyl (C=O) groups excluding carboxylic acids is 1. The third kappa shape index (κ3) is 3.68. The topological polar surface area (TPSA) is 83.2 Å². The molecule has 1 amide bonds. The van der Waals surface area contributed by atoms with Crippen LogP contribution in [0.15, 0.2) is 18.2 Å². The number of benzene rings is 1. The van der Waals surface area contributed by atoms with Gasteiger partial charge in [-0.05, 0) is 32.4 Å². The molecule has 3 atom stereocenters. The minimum Gasteiger partial charge on any atom is -0.489 e. The third-order valence-electron chi connectivity index (χ3n) is 7.67. The van der Waals surface area contributed by atoms with Crippen LogP contribution < -0.4 is 4.74 Å². The van der Waals surface area contributed by atoms with Crippen LogP contribution in [0.5, 0.6) is 5.75 Å². The molecule has 35 heavy (non-hydrogen) atoms. The number of amides is 1. The second kappa shape index (κ2) is 8.43. The number of carbonyl (C=O) groups is 1. The first-order valence-electron chi connectivity index (χ1n) is 12.0. The summed E-state index contributed by atoms with van der Waals surface area (Å²) in [6.07, 6.45) is 1.75. The zero-order chi connectivity index (χ0) is 24.4. The van der Waals surface area contributed by atoms with Crippen molar-refractivity contribution in [1.29, 1.82) is 0 Å². The highest BCUT2D eigenvalue weighted by Gasteiger charge is 2.46. The van der Waals surface area contributed by atoms with Crippen LogP contribution in [0.2, 0.25) is 5.02 Å². The lowest BCUT2D eigenvalue weighted by Gasteiger charge is -2.31. The SMILES string of the molecule is Cc1nc2c3c(nn2c(C)c1Cl)CN(C(=O)c1ccc(F)cc1O[C@H]1C[C@H]2CC1CN2CCO)C3. The lowest BCUT2D eigenvalue weighted by molar-refractivity contribution is 0.0703. The molecule has 2 fully saturated rings. The molecule has 4 heterocycles. The number of piperidine rings is 1. The van der Waals surface area contributed by atoms with E-state index in [1.54, 1.807) is 9.42 Å². The predicted molar refractivity (Wildman–Crippen MR) is 127 cm³/mol. The number of hydrogen-bond donors (Lipinski definition) is 1. The molecule has 1 unspecified atom stereocenters. The van der Waals surface area contributed by atoms with E-state index in [4.69, 9.17) is 16.3 Å². The summed E-state index contributed by atoms with van der Waals surface area (Å²) in [5.41, 5.74) is 4.30. The average molecular weight is 500 g/mol. The van der Waals surface area contributed by atoms with Crippen LogP contribution in [-0.2, 0) is 13.1 Å². The van der Waals surface area contributed by atoms with Crippen molar-refractivity contribution >= 4 is 23.2 Å². The predicted octanol–water partition coefficient (Wildman–Crippen LogP) is 3.13. The first kappa shape index (κ1) is 22.7. The van der Waals surface area contributed by atoms with Gasteiger partial charge in [-0.2, -0.15) is 5.10 Å². The highest BCUT2D eigenvalue weighted by molar-refractivity contribution is 6.31. The van der Waals surface area contributed by atoms with Gasteiger partial charge in [-0.15, -0.1) is 0 Å². The van der Waals surface area contributed by atoms with E-state index < -0.39 is 5.82 Å². The zero-order valence-corrected chi connectivity index (χ0v) is 20.4. The maximum atomic E-state index is 14.2. The number of ether oxygens (including phenoxy) is 1. The Labute approximate surface area is 207 Å². The van der Waals surface area contributed by atoms with Gasteiger partial charge in [-0.3, -0.25) is 9.69 Å². The van der Waals surface area contributed by atoms with Gasteiger partial charge in [0, 0.05) is 43.1 Å². The Morgan fingerprint density at radius 3 is 2.86 bits per heavy atom. The normalized spacial score (nSPS) is 23.5. The molecule has 10 heteroatoms. The molecule has 0 radical (unpaired) electrons. The Hall–Kier alpha value is -2.75. The van der Waals surface area contributed by atoms with Gasteiger partial charge < -0.3 is 14.7 Å². The first-order chi connectivity index (χ1) is 16.8. The molecule has 1 aliphatic carbocycles. The lowest BCUT2D eigenvalue weighted by atomic mass is 10.1. The second-order valence-corrected chi connectivity index (χ2v) is 10.2. The number of aliphatic hydroxyl groups is 1.